The minimum Gasteiger partial charge on any atom is -0.358 e. The van der Waals surface area contributed by atoms with Gasteiger partial charge in [-0.25, -0.2) is 15.0 Å². The third kappa shape index (κ3) is 4.64. The number of hydrogen-bond donors (Lipinski definition) is 2. The standard InChI is InChI=1S/C25H27F3N8OS/c1-14-12-35(9-10-36(14)20(37)11-19-29-17-7-8-34(2)13-18(17)30-19)23-21(33-24(38-23)25(26,27)28)22-31-15-5-3-4-6-16(15)32-22/h3-6,14H,7-13H2,1-2H3,(H,29,30)(H,31,32)/t14-/m1/s1. The van der Waals surface area contributed by atoms with Crippen LogP contribution in [0.15, 0.2) is 24.3 Å². The molecular weight excluding hydrogens is 517 g/mol. The van der Waals surface area contributed by atoms with Crippen molar-refractivity contribution in [2.75, 3.05) is 38.1 Å². The molecule has 3 aromatic heterocycles. The summed E-state index contributed by atoms with van der Waals surface area (Å²) in [6.07, 6.45) is -3.54. The number of rotatable bonds is 4. The molecule has 1 atom stereocenters. The highest BCUT2D eigenvalue weighted by Gasteiger charge is 2.39. The van der Waals surface area contributed by atoms with E-state index in [9.17, 15) is 18.0 Å². The Labute approximate surface area is 220 Å². The van der Waals surface area contributed by atoms with Crippen LogP contribution in [0, 0.1) is 0 Å². The van der Waals surface area contributed by atoms with Crippen LogP contribution in [0.25, 0.3) is 22.6 Å². The number of benzene rings is 1. The molecule has 0 unspecified atom stereocenters. The van der Waals surface area contributed by atoms with E-state index in [1.165, 1.54) is 0 Å². The summed E-state index contributed by atoms with van der Waals surface area (Å²) >= 11 is 0.615. The smallest absolute Gasteiger partial charge is 0.358 e. The number of aromatic amines is 2. The Hall–Kier alpha value is -3.45. The maximum Gasteiger partial charge on any atom is 0.443 e. The van der Waals surface area contributed by atoms with Crippen molar-refractivity contribution in [1.82, 2.24) is 34.7 Å². The minimum absolute atomic E-state index is 0.0469. The number of amides is 1. The number of likely N-dealkylation sites (N-methyl/N-ethyl adjacent to an activating group) is 1. The Kier molecular flexibility index (Phi) is 6.14. The van der Waals surface area contributed by atoms with Gasteiger partial charge in [-0.3, -0.25) is 4.79 Å². The number of H-pyrrole nitrogens is 2. The SMILES string of the molecule is C[C@@H]1CN(c2sc(C(F)(F)F)nc2-c2nc3ccccc3[nH]2)CCN1C(=O)Cc1nc2c([nH]1)CN(C)CC2. The lowest BCUT2D eigenvalue weighted by Crippen LogP contribution is -2.54. The summed E-state index contributed by atoms with van der Waals surface area (Å²) in [5, 5.41) is -0.514. The number of nitrogens with one attached hydrogen (secondary N) is 2. The van der Waals surface area contributed by atoms with Gasteiger partial charge in [-0.05, 0) is 26.1 Å². The second-order valence-corrected chi connectivity index (χ2v) is 10.9. The van der Waals surface area contributed by atoms with Gasteiger partial charge in [-0.15, -0.1) is 0 Å². The quantitative estimate of drug-likeness (QED) is 0.407. The maximum atomic E-state index is 13.7. The molecule has 1 saturated heterocycles. The number of para-hydroxylation sites is 2. The first kappa shape index (κ1) is 24.9. The topological polar surface area (TPSA) is 97.0 Å². The fraction of sp³-hybridized carbons (Fsp3) is 0.440. The van der Waals surface area contributed by atoms with Gasteiger partial charge in [0.15, 0.2) is 5.82 Å². The highest BCUT2D eigenvalue weighted by molar-refractivity contribution is 7.16. The Balaban J connectivity index is 1.21. The molecule has 1 aromatic carbocycles. The Morgan fingerprint density at radius 1 is 1.13 bits per heavy atom. The van der Waals surface area contributed by atoms with Crippen LogP contribution >= 0.6 is 11.3 Å². The van der Waals surface area contributed by atoms with Crippen molar-refractivity contribution in [2.45, 2.75) is 38.5 Å². The van der Waals surface area contributed by atoms with Crippen LogP contribution in [0.1, 0.15) is 29.1 Å². The molecule has 6 rings (SSSR count). The van der Waals surface area contributed by atoms with E-state index in [0.717, 1.165) is 36.4 Å². The number of halogens is 3. The average Bonchev–Trinajstić information content (AvgIpc) is 3.59. The zero-order valence-electron chi connectivity index (χ0n) is 21.0. The molecular formula is C25H27F3N8OS. The lowest BCUT2D eigenvalue weighted by molar-refractivity contribution is -0.137. The summed E-state index contributed by atoms with van der Waals surface area (Å²) in [6, 6.07) is 7.08. The van der Waals surface area contributed by atoms with Gasteiger partial charge in [0.25, 0.3) is 0 Å². The molecule has 0 bridgehead atoms. The molecule has 1 fully saturated rings. The monoisotopic (exact) mass is 544 g/mol. The van der Waals surface area contributed by atoms with Gasteiger partial charge in [0.2, 0.25) is 10.9 Å². The van der Waals surface area contributed by atoms with Gasteiger partial charge in [0.05, 0.1) is 28.8 Å². The molecule has 38 heavy (non-hydrogen) atoms. The summed E-state index contributed by atoms with van der Waals surface area (Å²) in [5.74, 6) is 0.912. The minimum atomic E-state index is -4.57. The molecule has 1 amide bonds. The molecule has 2 aliphatic heterocycles. The first-order valence-electron chi connectivity index (χ1n) is 12.5. The molecule has 0 aliphatic carbocycles. The number of piperazine rings is 1. The van der Waals surface area contributed by atoms with E-state index < -0.39 is 11.2 Å². The summed E-state index contributed by atoms with van der Waals surface area (Å²) in [4.78, 5) is 38.5. The number of aromatic nitrogens is 5. The van der Waals surface area contributed by atoms with Gasteiger partial charge in [0.1, 0.15) is 16.5 Å². The second-order valence-electron chi connectivity index (χ2n) is 9.93. The van der Waals surface area contributed by atoms with E-state index in [-0.39, 0.29) is 24.1 Å². The van der Waals surface area contributed by atoms with E-state index in [2.05, 4.69) is 36.9 Å². The van der Waals surface area contributed by atoms with E-state index in [0.29, 0.717) is 53.1 Å². The molecule has 9 nitrogen and oxygen atoms in total. The summed E-state index contributed by atoms with van der Waals surface area (Å²) in [5.41, 5.74) is 3.64. The van der Waals surface area contributed by atoms with Crippen molar-refractivity contribution in [2.24, 2.45) is 0 Å². The lowest BCUT2D eigenvalue weighted by atomic mass is 10.1. The fourth-order valence-electron chi connectivity index (χ4n) is 5.20. The molecule has 13 heteroatoms. The summed E-state index contributed by atoms with van der Waals surface area (Å²) in [6.45, 7) is 4.81. The second kappa shape index (κ2) is 9.38. The highest BCUT2D eigenvalue weighted by atomic mass is 32.1. The van der Waals surface area contributed by atoms with Crippen molar-refractivity contribution < 1.29 is 18.0 Å². The van der Waals surface area contributed by atoms with Crippen molar-refractivity contribution in [3.8, 4) is 11.5 Å². The fourth-order valence-corrected chi connectivity index (χ4v) is 6.17. The van der Waals surface area contributed by atoms with E-state index in [1.54, 1.807) is 11.0 Å². The van der Waals surface area contributed by atoms with Crippen LogP contribution < -0.4 is 4.90 Å². The number of thiazole rings is 1. The van der Waals surface area contributed by atoms with E-state index >= 15 is 0 Å². The van der Waals surface area contributed by atoms with Crippen LogP contribution in [0.3, 0.4) is 0 Å². The van der Waals surface area contributed by atoms with Gasteiger partial charge in [-0.1, -0.05) is 23.5 Å². The number of carbonyl (C=O) groups is 1. The number of anilines is 1. The zero-order chi connectivity index (χ0) is 26.6. The van der Waals surface area contributed by atoms with Gasteiger partial charge < -0.3 is 24.7 Å². The van der Waals surface area contributed by atoms with Crippen LogP contribution in [0.2, 0.25) is 0 Å². The number of alkyl halides is 3. The molecule has 2 aliphatic rings. The number of nitrogens with zero attached hydrogens (tertiary/aromatic N) is 6. The summed E-state index contributed by atoms with van der Waals surface area (Å²) < 4.78 is 41.0. The predicted octanol–water partition coefficient (Wildman–Crippen LogP) is 3.70. The van der Waals surface area contributed by atoms with Crippen LogP contribution in [-0.4, -0.2) is 79.9 Å². The van der Waals surface area contributed by atoms with E-state index in [4.69, 9.17) is 0 Å². The van der Waals surface area contributed by atoms with Crippen molar-refractivity contribution in [3.05, 3.63) is 46.5 Å². The van der Waals surface area contributed by atoms with Gasteiger partial charge >= 0.3 is 6.18 Å². The maximum absolute atomic E-state index is 13.7. The number of imidazole rings is 2. The Morgan fingerprint density at radius 3 is 2.71 bits per heavy atom. The van der Waals surface area contributed by atoms with Crippen LogP contribution in [-0.2, 0) is 30.4 Å². The highest BCUT2D eigenvalue weighted by Crippen LogP contribution is 2.42. The molecule has 2 N–H and O–H groups in total. The molecule has 0 saturated carbocycles. The van der Waals surface area contributed by atoms with Gasteiger partial charge in [-0.2, -0.15) is 13.2 Å². The lowest BCUT2D eigenvalue weighted by Gasteiger charge is -2.40. The largest absolute Gasteiger partial charge is 0.443 e. The van der Waals surface area contributed by atoms with Crippen molar-refractivity contribution in [1.29, 1.82) is 0 Å². The van der Waals surface area contributed by atoms with Gasteiger partial charge in [0, 0.05) is 45.2 Å². The molecule has 0 spiro atoms. The summed E-state index contributed by atoms with van der Waals surface area (Å²) in [7, 11) is 2.05. The van der Waals surface area contributed by atoms with Crippen molar-refractivity contribution >= 4 is 33.3 Å². The molecule has 0 radical (unpaired) electrons. The van der Waals surface area contributed by atoms with Crippen LogP contribution in [0.4, 0.5) is 18.2 Å². The molecule has 4 aromatic rings. The zero-order valence-corrected chi connectivity index (χ0v) is 21.8. The average molecular weight is 545 g/mol. The molecule has 5 heterocycles. The molecule has 200 valence electrons. The number of hydrogen-bond acceptors (Lipinski definition) is 7. The first-order valence-corrected chi connectivity index (χ1v) is 13.3. The normalized spacial score (nSPS) is 18.8. The van der Waals surface area contributed by atoms with Crippen LogP contribution in [0.5, 0.6) is 0 Å². The Morgan fingerprint density at radius 2 is 1.95 bits per heavy atom. The number of fused-ring (bicyclic) bond motifs is 2. The van der Waals surface area contributed by atoms with Crippen molar-refractivity contribution in [3.63, 3.8) is 0 Å². The first-order chi connectivity index (χ1) is 18.2. The third-order valence-corrected chi connectivity index (χ3v) is 8.25. The number of carbonyl (C=O) groups excluding carboxylic acids is 1. The predicted molar refractivity (Wildman–Crippen MR) is 138 cm³/mol. The van der Waals surface area contributed by atoms with E-state index in [1.807, 2.05) is 30.0 Å². The third-order valence-electron chi connectivity index (χ3n) is 7.09. The Bertz CT molecular complexity index is 1460.